The van der Waals surface area contributed by atoms with E-state index in [4.69, 9.17) is 4.52 Å². The van der Waals surface area contributed by atoms with E-state index >= 15 is 0 Å². The predicted octanol–water partition coefficient (Wildman–Crippen LogP) is 2.61. The van der Waals surface area contributed by atoms with Gasteiger partial charge in [-0.25, -0.2) is 8.96 Å². The van der Waals surface area contributed by atoms with E-state index in [2.05, 4.69) is 9.05 Å². The van der Waals surface area contributed by atoms with Crippen LogP contribution in [0.25, 0.3) is 0 Å². The van der Waals surface area contributed by atoms with E-state index in [-0.39, 0.29) is 5.75 Å². The number of halogens is 1. The van der Waals surface area contributed by atoms with Crippen LogP contribution in [0.2, 0.25) is 0 Å². The summed E-state index contributed by atoms with van der Waals surface area (Å²) in [6.45, 7) is 0. The third kappa shape index (κ3) is 2.54. The molecule has 0 bridgehead atoms. The van der Waals surface area contributed by atoms with Crippen LogP contribution in [0, 0.1) is 5.82 Å². The minimum atomic E-state index is -3.67. The molecule has 0 radical (unpaired) electrons. The molecule has 1 aromatic carbocycles. The van der Waals surface area contributed by atoms with Crippen LogP contribution in [0.4, 0.5) is 4.39 Å². The number of hydrogen-bond acceptors (Lipinski definition) is 4. The molecule has 6 heteroatoms. The molecule has 1 aromatic rings. The molecule has 4 nitrogen and oxygen atoms in total. The lowest BCUT2D eigenvalue weighted by atomic mass is 10.3. The van der Waals surface area contributed by atoms with E-state index in [0.29, 0.717) is 0 Å². The molecule has 0 spiro atoms. The standard InChI is InChI=1S/C8H10FO4P/c1-11-14(10,12-2)13-8-6-4-3-5-7(8)9/h3-6H,1-2H3. The van der Waals surface area contributed by atoms with Crippen molar-refractivity contribution in [3.8, 4) is 5.75 Å². The molecular weight excluding hydrogens is 210 g/mol. The number of hydrogen-bond donors (Lipinski definition) is 0. The Morgan fingerprint density at radius 3 is 2.29 bits per heavy atom. The number of para-hydroxylation sites is 1. The molecule has 0 aromatic heterocycles. The van der Waals surface area contributed by atoms with Gasteiger partial charge in [-0.1, -0.05) is 12.1 Å². The first-order valence-corrected chi connectivity index (χ1v) is 5.23. The van der Waals surface area contributed by atoms with Crippen molar-refractivity contribution >= 4 is 7.82 Å². The second kappa shape index (κ2) is 4.55. The van der Waals surface area contributed by atoms with Crippen molar-refractivity contribution in [2.45, 2.75) is 0 Å². The van der Waals surface area contributed by atoms with Gasteiger partial charge in [0.25, 0.3) is 0 Å². The summed E-state index contributed by atoms with van der Waals surface area (Å²) in [5.74, 6) is -0.790. The maximum atomic E-state index is 13.0. The molecule has 0 aliphatic rings. The molecule has 1 rings (SSSR count). The third-order valence-corrected chi connectivity index (χ3v) is 2.81. The lowest BCUT2D eigenvalue weighted by Crippen LogP contribution is -1.98. The number of rotatable bonds is 4. The molecule has 0 heterocycles. The van der Waals surface area contributed by atoms with Gasteiger partial charge in [0.05, 0.1) is 0 Å². The van der Waals surface area contributed by atoms with Gasteiger partial charge >= 0.3 is 7.82 Å². The Kier molecular flexibility index (Phi) is 3.63. The van der Waals surface area contributed by atoms with E-state index in [9.17, 15) is 8.96 Å². The molecule has 0 saturated heterocycles. The van der Waals surface area contributed by atoms with Crippen molar-refractivity contribution < 1.29 is 22.5 Å². The molecule has 0 atom stereocenters. The van der Waals surface area contributed by atoms with Gasteiger partial charge in [-0.15, -0.1) is 0 Å². The van der Waals surface area contributed by atoms with Gasteiger partial charge in [0.2, 0.25) is 0 Å². The highest BCUT2D eigenvalue weighted by Gasteiger charge is 2.25. The van der Waals surface area contributed by atoms with Crippen molar-refractivity contribution in [3.63, 3.8) is 0 Å². The highest BCUT2D eigenvalue weighted by Crippen LogP contribution is 2.48. The van der Waals surface area contributed by atoms with E-state index in [1.807, 2.05) is 0 Å². The van der Waals surface area contributed by atoms with Crippen LogP contribution in [0.5, 0.6) is 5.75 Å². The van der Waals surface area contributed by atoms with E-state index in [1.165, 1.54) is 18.2 Å². The Morgan fingerprint density at radius 2 is 1.79 bits per heavy atom. The molecule has 0 N–H and O–H groups in total. The Bertz CT molecular complexity index is 347. The zero-order chi connectivity index (χ0) is 10.6. The second-order valence-corrected chi connectivity index (χ2v) is 4.14. The van der Waals surface area contributed by atoms with E-state index in [1.54, 1.807) is 6.07 Å². The summed E-state index contributed by atoms with van der Waals surface area (Å²) in [6, 6.07) is 5.56. The number of phosphoric acid groups is 1. The van der Waals surface area contributed by atoms with Crippen molar-refractivity contribution in [1.82, 2.24) is 0 Å². The van der Waals surface area contributed by atoms with Crippen LogP contribution in [-0.2, 0) is 13.6 Å². The van der Waals surface area contributed by atoms with Gasteiger partial charge < -0.3 is 4.52 Å². The first-order valence-electron chi connectivity index (χ1n) is 3.77. The minimum absolute atomic E-state index is 0.167. The molecular formula is C8H10FO4P. The predicted molar refractivity (Wildman–Crippen MR) is 48.7 cm³/mol. The van der Waals surface area contributed by atoms with E-state index < -0.39 is 13.6 Å². The molecule has 0 fully saturated rings. The van der Waals surface area contributed by atoms with Crippen LogP contribution >= 0.6 is 7.82 Å². The fraction of sp³-hybridized carbons (Fsp3) is 0.250. The Labute approximate surface area is 81.2 Å². The third-order valence-electron chi connectivity index (χ3n) is 1.49. The summed E-state index contributed by atoms with van der Waals surface area (Å²) in [4.78, 5) is 0. The summed E-state index contributed by atoms with van der Waals surface area (Å²) in [6.07, 6.45) is 0. The average Bonchev–Trinajstić information content (AvgIpc) is 2.21. The fourth-order valence-electron chi connectivity index (χ4n) is 0.788. The Balaban J connectivity index is 2.88. The minimum Gasteiger partial charge on any atom is -0.401 e. The summed E-state index contributed by atoms with van der Waals surface area (Å²) in [5.41, 5.74) is 0. The topological polar surface area (TPSA) is 44.8 Å². The van der Waals surface area contributed by atoms with Gasteiger partial charge in [-0.2, -0.15) is 0 Å². The maximum absolute atomic E-state index is 13.0. The summed E-state index contributed by atoms with van der Waals surface area (Å²) in [5, 5.41) is 0. The van der Waals surface area contributed by atoms with E-state index in [0.717, 1.165) is 14.2 Å². The second-order valence-electron chi connectivity index (χ2n) is 2.33. The van der Waals surface area contributed by atoms with Crippen LogP contribution in [0.15, 0.2) is 24.3 Å². The van der Waals surface area contributed by atoms with Crippen LogP contribution in [0.1, 0.15) is 0 Å². The van der Waals surface area contributed by atoms with Gasteiger partial charge in [-0.05, 0) is 12.1 Å². The highest BCUT2D eigenvalue weighted by atomic mass is 31.2. The molecule has 0 amide bonds. The largest absolute Gasteiger partial charge is 0.529 e. The smallest absolute Gasteiger partial charge is 0.401 e. The molecule has 14 heavy (non-hydrogen) atoms. The first-order chi connectivity index (χ1) is 6.61. The van der Waals surface area contributed by atoms with Crippen LogP contribution < -0.4 is 4.52 Å². The molecule has 0 aliphatic carbocycles. The quantitative estimate of drug-likeness (QED) is 0.731. The summed E-state index contributed by atoms with van der Waals surface area (Å²) >= 11 is 0. The Hall–Kier alpha value is -0.900. The molecule has 0 saturated carbocycles. The van der Waals surface area contributed by atoms with Crippen LogP contribution in [-0.4, -0.2) is 14.2 Å². The summed E-state index contributed by atoms with van der Waals surface area (Å²) < 4.78 is 38.2. The van der Waals surface area contributed by atoms with Gasteiger partial charge in [0, 0.05) is 14.2 Å². The van der Waals surface area contributed by atoms with Crippen LogP contribution in [0.3, 0.4) is 0 Å². The Morgan fingerprint density at radius 1 is 1.21 bits per heavy atom. The molecule has 0 unspecified atom stereocenters. The van der Waals surface area contributed by atoms with Crippen molar-refractivity contribution in [3.05, 3.63) is 30.1 Å². The van der Waals surface area contributed by atoms with Gasteiger partial charge in [0.15, 0.2) is 11.6 Å². The number of phosphoric ester groups is 1. The zero-order valence-corrected chi connectivity index (χ0v) is 8.66. The lowest BCUT2D eigenvalue weighted by Gasteiger charge is -2.14. The highest BCUT2D eigenvalue weighted by molar-refractivity contribution is 7.48. The summed E-state index contributed by atoms with van der Waals surface area (Å²) in [7, 11) is -1.35. The van der Waals surface area contributed by atoms with Crippen molar-refractivity contribution in [1.29, 1.82) is 0 Å². The molecule has 0 aliphatic heterocycles. The van der Waals surface area contributed by atoms with Crippen molar-refractivity contribution in [2.24, 2.45) is 0 Å². The fourth-order valence-corrected chi connectivity index (χ4v) is 1.48. The first kappa shape index (κ1) is 11.2. The average molecular weight is 220 g/mol. The lowest BCUT2D eigenvalue weighted by molar-refractivity contribution is 0.208. The van der Waals surface area contributed by atoms with Crippen molar-refractivity contribution in [2.75, 3.05) is 14.2 Å². The monoisotopic (exact) mass is 220 g/mol. The maximum Gasteiger partial charge on any atom is 0.529 e. The van der Waals surface area contributed by atoms with Gasteiger partial charge in [-0.3, -0.25) is 9.05 Å². The van der Waals surface area contributed by atoms with Gasteiger partial charge in [0.1, 0.15) is 0 Å². The number of benzene rings is 1. The zero-order valence-electron chi connectivity index (χ0n) is 7.77. The normalized spacial score (nSPS) is 11.4. The SMILES string of the molecule is COP(=O)(OC)Oc1ccccc1F. The molecule has 78 valence electrons.